The van der Waals surface area contributed by atoms with Gasteiger partial charge in [0.1, 0.15) is 12.2 Å². The van der Waals surface area contributed by atoms with Crippen molar-refractivity contribution in [1.29, 1.82) is 0 Å². The third kappa shape index (κ3) is 2.41. The van der Waals surface area contributed by atoms with Crippen molar-refractivity contribution in [1.82, 2.24) is 19.7 Å². The zero-order chi connectivity index (χ0) is 11.5. The molecule has 1 unspecified atom stereocenters. The average Bonchev–Trinajstić information content (AvgIpc) is 2.87. The highest BCUT2D eigenvalue weighted by atomic mass is 16.3. The summed E-state index contributed by atoms with van der Waals surface area (Å²) in [6, 6.07) is 0.355. The quantitative estimate of drug-likeness (QED) is 0.817. The van der Waals surface area contributed by atoms with E-state index in [0.717, 1.165) is 31.9 Å². The van der Waals surface area contributed by atoms with Gasteiger partial charge >= 0.3 is 0 Å². The van der Waals surface area contributed by atoms with Crippen LogP contribution in [0.3, 0.4) is 0 Å². The maximum absolute atomic E-state index is 9.09. The summed E-state index contributed by atoms with van der Waals surface area (Å²) in [6.07, 6.45) is 2.71. The van der Waals surface area contributed by atoms with Gasteiger partial charge in [0.25, 0.3) is 0 Å². The van der Waals surface area contributed by atoms with Crippen LogP contribution in [0, 0.1) is 5.92 Å². The third-order valence-electron chi connectivity index (χ3n) is 3.13. The zero-order valence-corrected chi connectivity index (χ0v) is 10.0. The molecule has 1 atom stereocenters. The lowest BCUT2D eigenvalue weighted by Crippen LogP contribution is -2.24. The lowest BCUT2D eigenvalue weighted by molar-refractivity contribution is 0.217. The molecule has 1 aromatic heterocycles. The Bertz CT molecular complexity index is 336. The number of likely N-dealkylation sites (tertiary alicyclic amines) is 1. The molecule has 2 heterocycles. The van der Waals surface area contributed by atoms with Crippen molar-refractivity contribution in [2.24, 2.45) is 5.92 Å². The van der Waals surface area contributed by atoms with Crippen molar-refractivity contribution in [2.75, 3.05) is 19.7 Å². The molecule has 0 spiro atoms. The molecule has 5 heteroatoms. The van der Waals surface area contributed by atoms with E-state index in [1.807, 2.05) is 4.68 Å². The molecule has 1 N–H and O–H groups in total. The molecule has 0 amide bonds. The van der Waals surface area contributed by atoms with Crippen LogP contribution < -0.4 is 0 Å². The second kappa shape index (κ2) is 4.93. The SMILES string of the molecule is CC(C)n1ncnc1CN1CCC(CO)C1. The van der Waals surface area contributed by atoms with Crippen LogP contribution >= 0.6 is 0 Å². The molecule has 5 nitrogen and oxygen atoms in total. The number of hydrogen-bond acceptors (Lipinski definition) is 4. The summed E-state index contributed by atoms with van der Waals surface area (Å²) in [4.78, 5) is 6.64. The molecule has 16 heavy (non-hydrogen) atoms. The van der Waals surface area contributed by atoms with Crippen molar-refractivity contribution in [3.8, 4) is 0 Å². The fraction of sp³-hybridized carbons (Fsp3) is 0.818. The zero-order valence-electron chi connectivity index (χ0n) is 10.0. The Morgan fingerprint density at radius 1 is 1.56 bits per heavy atom. The average molecular weight is 224 g/mol. The van der Waals surface area contributed by atoms with Gasteiger partial charge in [-0.2, -0.15) is 5.10 Å². The second-order valence-electron chi connectivity index (χ2n) is 4.79. The minimum atomic E-state index is 0.299. The van der Waals surface area contributed by atoms with E-state index < -0.39 is 0 Å². The van der Waals surface area contributed by atoms with Gasteiger partial charge in [-0.1, -0.05) is 0 Å². The van der Waals surface area contributed by atoms with Gasteiger partial charge in [0.05, 0.1) is 6.54 Å². The van der Waals surface area contributed by atoms with E-state index in [1.54, 1.807) is 6.33 Å². The van der Waals surface area contributed by atoms with E-state index >= 15 is 0 Å². The number of aliphatic hydroxyl groups excluding tert-OH is 1. The fourth-order valence-corrected chi connectivity index (χ4v) is 2.22. The van der Waals surface area contributed by atoms with Gasteiger partial charge in [0.15, 0.2) is 0 Å². The summed E-state index contributed by atoms with van der Waals surface area (Å²) in [6.45, 7) is 7.39. The van der Waals surface area contributed by atoms with Crippen LogP contribution in [0.5, 0.6) is 0 Å². The molecule has 1 aliphatic heterocycles. The summed E-state index contributed by atoms with van der Waals surface area (Å²) in [5, 5.41) is 13.3. The van der Waals surface area contributed by atoms with Gasteiger partial charge in [-0.05, 0) is 32.7 Å². The third-order valence-corrected chi connectivity index (χ3v) is 3.13. The van der Waals surface area contributed by atoms with Crippen LogP contribution in [0.2, 0.25) is 0 Å². The lowest BCUT2D eigenvalue weighted by atomic mass is 10.1. The van der Waals surface area contributed by atoms with Gasteiger partial charge in [0, 0.05) is 19.2 Å². The number of rotatable bonds is 4. The molecule has 1 saturated heterocycles. The highest BCUT2D eigenvalue weighted by Gasteiger charge is 2.23. The van der Waals surface area contributed by atoms with Gasteiger partial charge in [-0.25, -0.2) is 9.67 Å². The standard InChI is InChI=1S/C11H20N4O/c1-9(2)15-11(12-8-13-15)6-14-4-3-10(5-14)7-16/h8-10,16H,3-7H2,1-2H3. The van der Waals surface area contributed by atoms with Crippen LogP contribution in [0.25, 0.3) is 0 Å². The maximum Gasteiger partial charge on any atom is 0.141 e. The van der Waals surface area contributed by atoms with Gasteiger partial charge < -0.3 is 5.11 Å². The van der Waals surface area contributed by atoms with E-state index in [-0.39, 0.29) is 0 Å². The van der Waals surface area contributed by atoms with Crippen molar-refractivity contribution in [3.63, 3.8) is 0 Å². The lowest BCUT2D eigenvalue weighted by Gasteiger charge is -2.16. The Morgan fingerprint density at radius 2 is 2.38 bits per heavy atom. The van der Waals surface area contributed by atoms with Gasteiger partial charge in [-0.15, -0.1) is 0 Å². The van der Waals surface area contributed by atoms with E-state index in [9.17, 15) is 0 Å². The Labute approximate surface area is 96.1 Å². The number of nitrogens with zero attached hydrogens (tertiary/aromatic N) is 4. The van der Waals surface area contributed by atoms with Crippen LogP contribution in [-0.2, 0) is 6.54 Å². The van der Waals surface area contributed by atoms with Crippen LogP contribution in [0.15, 0.2) is 6.33 Å². The molecular formula is C11H20N4O. The highest BCUT2D eigenvalue weighted by Crippen LogP contribution is 2.18. The summed E-state index contributed by atoms with van der Waals surface area (Å²) < 4.78 is 1.96. The summed E-state index contributed by atoms with van der Waals surface area (Å²) >= 11 is 0. The van der Waals surface area contributed by atoms with Crippen molar-refractivity contribution < 1.29 is 5.11 Å². The smallest absolute Gasteiger partial charge is 0.141 e. The molecule has 0 saturated carbocycles. The maximum atomic E-state index is 9.09. The number of hydrogen-bond donors (Lipinski definition) is 1. The molecule has 0 aliphatic carbocycles. The molecule has 1 aliphatic rings. The number of aliphatic hydroxyl groups is 1. The number of aromatic nitrogens is 3. The molecule has 1 fully saturated rings. The molecule has 0 bridgehead atoms. The fourth-order valence-electron chi connectivity index (χ4n) is 2.22. The predicted molar refractivity (Wildman–Crippen MR) is 60.9 cm³/mol. The topological polar surface area (TPSA) is 54.2 Å². The predicted octanol–water partition coefficient (Wildman–Crippen LogP) is 0.673. The van der Waals surface area contributed by atoms with Crippen molar-refractivity contribution >= 4 is 0 Å². The molecule has 0 radical (unpaired) electrons. The van der Waals surface area contributed by atoms with Crippen LogP contribution in [-0.4, -0.2) is 44.5 Å². The van der Waals surface area contributed by atoms with Crippen LogP contribution in [0.1, 0.15) is 32.1 Å². The molecule has 0 aromatic carbocycles. The van der Waals surface area contributed by atoms with Crippen LogP contribution in [0.4, 0.5) is 0 Å². The van der Waals surface area contributed by atoms with E-state index in [2.05, 4.69) is 28.8 Å². The van der Waals surface area contributed by atoms with Gasteiger partial charge in [-0.3, -0.25) is 4.90 Å². The summed E-state index contributed by atoms with van der Waals surface area (Å²) in [5.74, 6) is 1.46. The van der Waals surface area contributed by atoms with E-state index in [0.29, 0.717) is 18.6 Å². The van der Waals surface area contributed by atoms with E-state index in [1.165, 1.54) is 0 Å². The second-order valence-corrected chi connectivity index (χ2v) is 4.79. The Hall–Kier alpha value is -0.940. The Balaban J connectivity index is 1.96. The summed E-state index contributed by atoms with van der Waals surface area (Å²) in [5.41, 5.74) is 0. The normalized spacial score (nSPS) is 22.1. The first kappa shape index (κ1) is 11.5. The van der Waals surface area contributed by atoms with Gasteiger partial charge in [0.2, 0.25) is 0 Å². The van der Waals surface area contributed by atoms with Crippen molar-refractivity contribution in [3.05, 3.63) is 12.2 Å². The first-order valence-electron chi connectivity index (χ1n) is 5.92. The first-order valence-corrected chi connectivity index (χ1v) is 5.92. The largest absolute Gasteiger partial charge is 0.396 e. The molecule has 2 rings (SSSR count). The first-order chi connectivity index (χ1) is 7.70. The summed E-state index contributed by atoms with van der Waals surface area (Å²) in [7, 11) is 0. The molecular weight excluding hydrogens is 204 g/mol. The van der Waals surface area contributed by atoms with Crippen molar-refractivity contribution in [2.45, 2.75) is 32.9 Å². The molecule has 90 valence electrons. The Morgan fingerprint density at radius 3 is 3.00 bits per heavy atom. The van der Waals surface area contributed by atoms with E-state index in [4.69, 9.17) is 5.11 Å². The Kier molecular flexibility index (Phi) is 3.56. The minimum absolute atomic E-state index is 0.299. The molecule has 1 aromatic rings. The highest BCUT2D eigenvalue weighted by molar-refractivity contribution is 4.88. The monoisotopic (exact) mass is 224 g/mol. The minimum Gasteiger partial charge on any atom is -0.396 e.